The Morgan fingerprint density at radius 3 is 2.19 bits per heavy atom. The van der Waals surface area contributed by atoms with Gasteiger partial charge in [0.15, 0.2) is 0 Å². The summed E-state index contributed by atoms with van der Waals surface area (Å²) in [5.41, 5.74) is -1.33. The molecule has 0 radical (unpaired) electrons. The molecular weight excluding hydrogens is 450 g/mol. The topological polar surface area (TPSA) is 116 Å². The summed E-state index contributed by atoms with van der Waals surface area (Å²) < 4.78 is 73.7. The zero-order valence-corrected chi connectivity index (χ0v) is 18.9. The molecule has 0 aromatic rings. The van der Waals surface area contributed by atoms with Crippen LogP contribution < -0.4 is 0 Å². The van der Waals surface area contributed by atoms with E-state index in [9.17, 15) is 26.8 Å². The molecular formula is C21H30F2O8S. The Kier molecular flexibility index (Phi) is 6.07. The van der Waals surface area contributed by atoms with Gasteiger partial charge in [-0.3, -0.25) is 9.35 Å². The summed E-state index contributed by atoms with van der Waals surface area (Å²) in [6, 6.07) is 0. The van der Waals surface area contributed by atoms with Crippen LogP contribution in [0.25, 0.3) is 0 Å². The van der Waals surface area contributed by atoms with Crippen molar-refractivity contribution in [3.63, 3.8) is 0 Å². The molecule has 0 aliphatic heterocycles. The fourth-order valence-electron chi connectivity index (χ4n) is 6.89. The summed E-state index contributed by atoms with van der Waals surface area (Å²) in [5.74, 6) is -2.23. The number of esters is 2. The van der Waals surface area contributed by atoms with Crippen molar-refractivity contribution in [2.75, 3.05) is 13.7 Å². The normalized spacial score (nSPS) is 39.0. The van der Waals surface area contributed by atoms with Crippen LogP contribution in [-0.4, -0.2) is 55.6 Å². The van der Waals surface area contributed by atoms with Gasteiger partial charge >= 0.3 is 27.3 Å². The third kappa shape index (κ3) is 4.40. The summed E-state index contributed by atoms with van der Waals surface area (Å²) in [7, 11) is -4.25. The maximum atomic E-state index is 13.6. The third-order valence-corrected chi connectivity index (χ3v) is 8.67. The third-order valence-electron chi connectivity index (χ3n) is 7.86. The van der Waals surface area contributed by atoms with E-state index in [4.69, 9.17) is 18.8 Å². The molecule has 0 saturated heterocycles. The van der Waals surface area contributed by atoms with E-state index in [1.807, 2.05) is 0 Å². The smallest absolute Gasteiger partial charge is 0.460 e. The van der Waals surface area contributed by atoms with Gasteiger partial charge in [-0.2, -0.15) is 17.2 Å². The van der Waals surface area contributed by atoms with Crippen LogP contribution in [0.1, 0.15) is 64.2 Å². The highest BCUT2D eigenvalue weighted by atomic mass is 32.2. The summed E-state index contributed by atoms with van der Waals surface area (Å²) in [4.78, 5) is 24.7. The molecule has 5 rings (SSSR count). The molecule has 2 atom stereocenters. The second kappa shape index (κ2) is 8.16. The highest BCUT2D eigenvalue weighted by molar-refractivity contribution is 7.87. The van der Waals surface area contributed by atoms with Crippen LogP contribution in [-0.2, 0) is 33.9 Å². The van der Waals surface area contributed by atoms with E-state index in [0.717, 1.165) is 19.3 Å². The molecule has 5 fully saturated rings. The van der Waals surface area contributed by atoms with Gasteiger partial charge in [-0.05, 0) is 76.0 Å². The Labute approximate surface area is 186 Å². The van der Waals surface area contributed by atoms with Gasteiger partial charge in [-0.1, -0.05) is 0 Å². The first kappa shape index (κ1) is 23.8. The molecule has 11 heteroatoms. The van der Waals surface area contributed by atoms with Gasteiger partial charge in [-0.25, -0.2) is 4.79 Å². The van der Waals surface area contributed by atoms with E-state index in [1.54, 1.807) is 7.11 Å². The van der Waals surface area contributed by atoms with Crippen LogP contribution in [0.3, 0.4) is 0 Å². The van der Waals surface area contributed by atoms with Crippen molar-refractivity contribution < 1.29 is 45.6 Å². The molecule has 0 amide bonds. The van der Waals surface area contributed by atoms with E-state index in [1.165, 1.54) is 0 Å². The minimum atomic E-state index is -5.91. The SMILES string of the molecule is COC1CCC(C(=O)OC23CC4CC(CC(COC(=O)C(F)(F)S(=O)(=O)O)(C4)C2)C3)CC1. The van der Waals surface area contributed by atoms with Crippen molar-refractivity contribution in [1.82, 2.24) is 0 Å². The Morgan fingerprint density at radius 2 is 1.66 bits per heavy atom. The lowest BCUT2D eigenvalue weighted by Crippen LogP contribution is -2.59. The number of carbonyl (C=O) groups is 2. The molecule has 0 spiro atoms. The number of rotatable bonds is 7. The Morgan fingerprint density at radius 1 is 1.06 bits per heavy atom. The Balaban J connectivity index is 1.43. The van der Waals surface area contributed by atoms with Crippen molar-refractivity contribution in [1.29, 1.82) is 0 Å². The van der Waals surface area contributed by atoms with E-state index in [0.29, 0.717) is 44.9 Å². The molecule has 2 unspecified atom stereocenters. The van der Waals surface area contributed by atoms with E-state index in [2.05, 4.69) is 0 Å². The summed E-state index contributed by atoms with van der Waals surface area (Å²) >= 11 is 0. The van der Waals surface area contributed by atoms with Crippen molar-refractivity contribution in [2.24, 2.45) is 23.2 Å². The Bertz CT molecular complexity index is 851. The molecule has 0 aromatic heterocycles. The monoisotopic (exact) mass is 480 g/mol. The van der Waals surface area contributed by atoms with E-state index in [-0.39, 0.29) is 36.4 Å². The first-order valence-corrected chi connectivity index (χ1v) is 12.6. The number of carbonyl (C=O) groups excluding carboxylic acids is 2. The largest absolute Gasteiger partial charge is 0.465 e. The molecule has 0 heterocycles. The highest BCUT2D eigenvalue weighted by Gasteiger charge is 2.61. The quantitative estimate of drug-likeness (QED) is 0.437. The van der Waals surface area contributed by atoms with Crippen LogP contribution in [0.2, 0.25) is 0 Å². The maximum Gasteiger partial charge on any atom is 0.465 e. The van der Waals surface area contributed by atoms with Crippen LogP contribution in [0.5, 0.6) is 0 Å². The Hall–Kier alpha value is -1.33. The van der Waals surface area contributed by atoms with E-state index < -0.39 is 32.4 Å². The standard InChI is InChI=1S/C21H30F2O8S/c1-29-16-4-2-15(3-5-16)17(24)31-20-9-13-6-14(10-20)8-19(7-13,11-20)12-30-18(25)21(22,23)32(26,27)28/h13-16H,2-12H2,1H3,(H,26,27,28). The van der Waals surface area contributed by atoms with Crippen LogP contribution >= 0.6 is 0 Å². The lowest BCUT2D eigenvalue weighted by molar-refractivity contribution is -0.216. The van der Waals surface area contributed by atoms with Crippen molar-refractivity contribution in [3.05, 3.63) is 0 Å². The lowest BCUT2D eigenvalue weighted by atomic mass is 9.48. The number of hydrogen-bond acceptors (Lipinski definition) is 7. The molecule has 32 heavy (non-hydrogen) atoms. The van der Waals surface area contributed by atoms with Crippen molar-refractivity contribution >= 4 is 22.1 Å². The number of halogens is 2. The summed E-state index contributed by atoms with van der Waals surface area (Å²) in [6.45, 7) is -0.387. The van der Waals surface area contributed by atoms with Gasteiger partial charge in [0, 0.05) is 12.5 Å². The minimum Gasteiger partial charge on any atom is -0.460 e. The predicted molar refractivity (Wildman–Crippen MR) is 106 cm³/mol. The van der Waals surface area contributed by atoms with E-state index >= 15 is 0 Å². The second-order valence-corrected chi connectivity index (χ2v) is 11.8. The molecule has 4 bridgehead atoms. The zero-order valence-electron chi connectivity index (χ0n) is 18.1. The van der Waals surface area contributed by atoms with Crippen LogP contribution in [0.15, 0.2) is 0 Å². The number of alkyl halides is 2. The predicted octanol–water partition coefficient (Wildman–Crippen LogP) is 3.10. The molecule has 5 saturated carbocycles. The summed E-state index contributed by atoms with van der Waals surface area (Å²) in [6.07, 6.45) is 7.23. The van der Waals surface area contributed by atoms with Crippen molar-refractivity contribution in [2.45, 2.75) is 81.2 Å². The molecule has 182 valence electrons. The summed E-state index contributed by atoms with van der Waals surface area (Å²) in [5, 5.41) is -5.01. The first-order valence-electron chi connectivity index (χ1n) is 11.1. The maximum absolute atomic E-state index is 13.6. The number of hydrogen-bond donors (Lipinski definition) is 1. The van der Waals surface area contributed by atoms with Gasteiger partial charge in [0.05, 0.1) is 18.6 Å². The van der Waals surface area contributed by atoms with Gasteiger partial charge in [-0.15, -0.1) is 0 Å². The van der Waals surface area contributed by atoms with Gasteiger partial charge in [0.1, 0.15) is 5.60 Å². The molecule has 5 aliphatic carbocycles. The fraction of sp³-hybridized carbons (Fsp3) is 0.905. The average Bonchev–Trinajstić information content (AvgIpc) is 2.70. The van der Waals surface area contributed by atoms with Crippen molar-refractivity contribution in [3.8, 4) is 0 Å². The zero-order chi connectivity index (χ0) is 23.4. The molecule has 5 aliphatic rings. The highest BCUT2D eigenvalue weighted by Crippen LogP contribution is 2.63. The lowest BCUT2D eigenvalue weighted by Gasteiger charge is -2.61. The average molecular weight is 481 g/mol. The number of methoxy groups -OCH3 is 1. The van der Waals surface area contributed by atoms with Crippen LogP contribution in [0.4, 0.5) is 8.78 Å². The van der Waals surface area contributed by atoms with Crippen LogP contribution in [0, 0.1) is 23.2 Å². The second-order valence-electron chi connectivity index (χ2n) is 10.3. The molecule has 8 nitrogen and oxygen atoms in total. The van der Waals surface area contributed by atoms with Gasteiger partial charge < -0.3 is 14.2 Å². The molecule has 1 N–H and O–H groups in total. The van der Waals surface area contributed by atoms with Gasteiger partial charge in [0.25, 0.3) is 0 Å². The minimum absolute atomic E-state index is 0.164. The number of ether oxygens (including phenoxy) is 3. The molecule has 0 aromatic carbocycles. The fourth-order valence-corrected chi connectivity index (χ4v) is 7.16. The first-order chi connectivity index (χ1) is 14.9. The van der Waals surface area contributed by atoms with Gasteiger partial charge in [0.2, 0.25) is 0 Å².